The quantitative estimate of drug-likeness (QED) is 0.758. The zero-order valence-corrected chi connectivity index (χ0v) is 12.0. The molecule has 0 aliphatic carbocycles. The van der Waals surface area contributed by atoms with Gasteiger partial charge in [0.1, 0.15) is 0 Å². The van der Waals surface area contributed by atoms with Crippen LogP contribution in [0.5, 0.6) is 0 Å². The number of hydrogen-bond acceptors (Lipinski definition) is 4. The Labute approximate surface area is 117 Å². The van der Waals surface area contributed by atoms with E-state index in [1.54, 1.807) is 6.92 Å². The van der Waals surface area contributed by atoms with Gasteiger partial charge in [-0.1, -0.05) is 0 Å². The number of carbonyl (C=O) groups is 2. The summed E-state index contributed by atoms with van der Waals surface area (Å²) in [6, 6.07) is -0.950. The van der Waals surface area contributed by atoms with Gasteiger partial charge in [-0.3, -0.25) is 4.79 Å². The van der Waals surface area contributed by atoms with Crippen LogP contribution >= 0.6 is 0 Å². The van der Waals surface area contributed by atoms with E-state index in [0.717, 1.165) is 5.41 Å². The van der Waals surface area contributed by atoms with Crippen LogP contribution in [-0.4, -0.2) is 55.3 Å². The van der Waals surface area contributed by atoms with Crippen LogP contribution in [0.3, 0.4) is 0 Å². The van der Waals surface area contributed by atoms with E-state index in [2.05, 4.69) is 5.32 Å². The number of sulfone groups is 1. The number of hydrogen-bond donors (Lipinski definition) is 2. The van der Waals surface area contributed by atoms with Crippen LogP contribution in [0.4, 0.5) is 4.79 Å². The number of aliphatic carboxylic acids is 1. The van der Waals surface area contributed by atoms with Gasteiger partial charge in [-0.25, -0.2) is 13.2 Å². The number of rotatable bonds is 2. The molecule has 0 radical (unpaired) electrons. The molecular formula is C12H18N2O5S. The number of carbonyl (C=O) groups excluding carboxylic acids is 1. The van der Waals surface area contributed by atoms with Gasteiger partial charge in [0.05, 0.1) is 17.2 Å². The smallest absolute Gasteiger partial charge is 0.317 e. The molecule has 2 amide bonds. The largest absolute Gasteiger partial charge is 0.481 e. The van der Waals surface area contributed by atoms with Crippen molar-refractivity contribution in [2.45, 2.75) is 25.8 Å². The maximum atomic E-state index is 12.1. The second-order valence-corrected chi connectivity index (χ2v) is 7.54. The van der Waals surface area contributed by atoms with Crippen molar-refractivity contribution in [3.63, 3.8) is 0 Å². The Morgan fingerprint density at radius 2 is 2.15 bits per heavy atom. The summed E-state index contributed by atoms with van der Waals surface area (Å²) in [5.74, 6) is -1.05. The third-order valence-corrected chi connectivity index (χ3v) is 5.13. The fourth-order valence-electron chi connectivity index (χ4n) is 2.50. The summed E-state index contributed by atoms with van der Waals surface area (Å²) >= 11 is 0. The summed E-state index contributed by atoms with van der Waals surface area (Å²) in [6.07, 6.45) is 2.59. The van der Waals surface area contributed by atoms with Gasteiger partial charge in [0.2, 0.25) is 0 Å². The highest BCUT2D eigenvalue weighted by molar-refractivity contribution is 7.94. The second-order valence-electron chi connectivity index (χ2n) is 5.60. The Bertz CT molecular complexity index is 556. The van der Waals surface area contributed by atoms with Crippen molar-refractivity contribution in [3.8, 4) is 0 Å². The van der Waals surface area contributed by atoms with Crippen LogP contribution in [0, 0.1) is 5.41 Å². The maximum Gasteiger partial charge on any atom is 0.317 e. The van der Waals surface area contributed by atoms with Crippen LogP contribution in [0.25, 0.3) is 0 Å². The van der Waals surface area contributed by atoms with E-state index in [9.17, 15) is 23.1 Å². The van der Waals surface area contributed by atoms with E-state index in [1.807, 2.05) is 0 Å². The lowest BCUT2D eigenvalue weighted by Gasteiger charge is -2.37. The maximum absolute atomic E-state index is 12.1. The zero-order chi connectivity index (χ0) is 15.0. The number of piperidine rings is 1. The number of urea groups is 1. The van der Waals surface area contributed by atoms with E-state index in [1.165, 1.54) is 11.0 Å². The first-order chi connectivity index (χ1) is 9.22. The predicted molar refractivity (Wildman–Crippen MR) is 71.8 cm³/mol. The summed E-state index contributed by atoms with van der Waals surface area (Å²) in [4.78, 5) is 24.7. The number of amides is 2. The summed E-state index contributed by atoms with van der Waals surface area (Å²) in [7, 11) is -3.22. The van der Waals surface area contributed by atoms with Gasteiger partial charge in [0.25, 0.3) is 0 Å². The van der Waals surface area contributed by atoms with Gasteiger partial charge in [0, 0.05) is 18.5 Å². The van der Waals surface area contributed by atoms with Gasteiger partial charge in [-0.2, -0.15) is 0 Å². The Morgan fingerprint density at radius 1 is 1.45 bits per heavy atom. The Morgan fingerprint density at radius 3 is 2.70 bits per heavy atom. The van der Waals surface area contributed by atoms with E-state index in [4.69, 9.17) is 0 Å². The van der Waals surface area contributed by atoms with Gasteiger partial charge in [0.15, 0.2) is 9.84 Å². The Balaban J connectivity index is 1.96. The Hall–Kier alpha value is -1.57. The first-order valence-electron chi connectivity index (χ1n) is 6.42. The number of carboxylic acid groups (broad SMARTS) is 1. The standard InChI is InChI=1S/C12H18N2O5S/c1-12(10(15)16)4-2-5-14(8-12)11(17)13-9-3-6-20(18,19)7-9/h3,6,9H,2,4-5,7-8H2,1H3,(H,13,17)(H,15,16). The molecule has 2 heterocycles. The van der Waals surface area contributed by atoms with Crippen LogP contribution < -0.4 is 5.32 Å². The predicted octanol–water partition coefficient (Wildman–Crippen LogP) is 0.193. The molecule has 2 aliphatic heterocycles. The minimum absolute atomic E-state index is 0.136. The number of nitrogens with one attached hydrogen (secondary N) is 1. The van der Waals surface area contributed by atoms with E-state index >= 15 is 0 Å². The van der Waals surface area contributed by atoms with Gasteiger partial charge >= 0.3 is 12.0 Å². The van der Waals surface area contributed by atoms with Crippen molar-refractivity contribution in [2.75, 3.05) is 18.8 Å². The fourth-order valence-corrected chi connectivity index (χ4v) is 3.74. The molecule has 0 bridgehead atoms. The summed E-state index contributed by atoms with van der Waals surface area (Å²) in [5.41, 5.74) is -0.937. The third-order valence-electron chi connectivity index (χ3n) is 3.74. The highest BCUT2D eigenvalue weighted by Gasteiger charge is 2.39. The molecule has 0 aromatic heterocycles. The first kappa shape index (κ1) is 14.8. The van der Waals surface area contributed by atoms with Crippen LogP contribution in [0.15, 0.2) is 11.5 Å². The highest BCUT2D eigenvalue weighted by atomic mass is 32.2. The molecule has 7 nitrogen and oxygen atoms in total. The van der Waals surface area contributed by atoms with Crippen LogP contribution in [0.2, 0.25) is 0 Å². The van der Waals surface area contributed by atoms with Crippen molar-refractivity contribution < 1.29 is 23.1 Å². The van der Waals surface area contributed by atoms with Crippen molar-refractivity contribution in [2.24, 2.45) is 5.41 Å². The van der Waals surface area contributed by atoms with Crippen molar-refractivity contribution in [1.29, 1.82) is 0 Å². The minimum atomic E-state index is -3.22. The van der Waals surface area contributed by atoms with Crippen molar-refractivity contribution in [1.82, 2.24) is 10.2 Å². The normalized spacial score (nSPS) is 32.0. The fraction of sp³-hybridized carbons (Fsp3) is 0.667. The molecule has 1 fully saturated rings. The molecule has 20 heavy (non-hydrogen) atoms. The van der Waals surface area contributed by atoms with E-state index < -0.39 is 33.3 Å². The first-order valence-corrected chi connectivity index (χ1v) is 8.13. The average molecular weight is 302 g/mol. The monoisotopic (exact) mass is 302 g/mol. The lowest BCUT2D eigenvalue weighted by atomic mass is 9.82. The SMILES string of the molecule is CC1(C(=O)O)CCCN(C(=O)NC2C=CS(=O)(=O)C2)C1. The van der Waals surface area contributed by atoms with Crippen LogP contribution in [-0.2, 0) is 14.6 Å². The molecule has 1 saturated heterocycles. The third kappa shape index (κ3) is 3.12. The van der Waals surface area contributed by atoms with Crippen LogP contribution in [0.1, 0.15) is 19.8 Å². The van der Waals surface area contributed by atoms with Gasteiger partial charge < -0.3 is 15.3 Å². The lowest BCUT2D eigenvalue weighted by Crippen LogP contribution is -2.53. The van der Waals surface area contributed by atoms with E-state index in [-0.39, 0.29) is 12.3 Å². The second kappa shape index (κ2) is 5.08. The van der Waals surface area contributed by atoms with Gasteiger partial charge in [-0.15, -0.1) is 0 Å². The molecule has 0 saturated carbocycles. The zero-order valence-electron chi connectivity index (χ0n) is 11.2. The molecule has 0 aromatic carbocycles. The molecule has 2 rings (SSSR count). The highest BCUT2D eigenvalue weighted by Crippen LogP contribution is 2.29. The number of nitrogens with zero attached hydrogens (tertiary/aromatic N) is 1. The van der Waals surface area contributed by atoms with E-state index in [0.29, 0.717) is 19.4 Å². The molecular weight excluding hydrogens is 284 g/mol. The lowest BCUT2D eigenvalue weighted by molar-refractivity contribution is -0.150. The van der Waals surface area contributed by atoms with Crippen molar-refractivity contribution >= 4 is 21.8 Å². The number of carboxylic acids is 1. The molecule has 0 aromatic rings. The summed E-state index contributed by atoms with van der Waals surface area (Å²) < 4.78 is 22.5. The molecule has 2 N–H and O–H groups in total. The van der Waals surface area contributed by atoms with Gasteiger partial charge in [-0.05, 0) is 25.8 Å². The molecule has 2 unspecified atom stereocenters. The number of likely N-dealkylation sites (tertiary alicyclic amines) is 1. The summed E-state index contributed by atoms with van der Waals surface area (Å²) in [6.45, 7) is 2.24. The molecule has 2 atom stereocenters. The topological polar surface area (TPSA) is 104 Å². The molecule has 0 spiro atoms. The Kier molecular flexibility index (Phi) is 3.77. The molecule has 8 heteroatoms. The summed E-state index contributed by atoms with van der Waals surface area (Å²) in [5, 5.41) is 12.9. The van der Waals surface area contributed by atoms with Crippen molar-refractivity contribution in [3.05, 3.63) is 11.5 Å². The average Bonchev–Trinajstić information content (AvgIpc) is 2.68. The molecule has 112 valence electrons. The molecule has 2 aliphatic rings. The minimum Gasteiger partial charge on any atom is -0.481 e.